The van der Waals surface area contributed by atoms with E-state index >= 15 is 0 Å². The van der Waals surface area contributed by atoms with Crippen molar-refractivity contribution in [2.45, 2.75) is 4.90 Å². The van der Waals surface area contributed by atoms with Crippen molar-refractivity contribution in [3.63, 3.8) is 0 Å². The van der Waals surface area contributed by atoms with Crippen molar-refractivity contribution < 1.29 is 13.2 Å². The fraction of sp³-hybridized carbons (Fsp3) is 0.0556. The van der Waals surface area contributed by atoms with Crippen LogP contribution in [0.25, 0.3) is 11.3 Å². The molecule has 3 N–H and O–H groups in total. The van der Waals surface area contributed by atoms with Crippen LogP contribution >= 0.6 is 0 Å². The Hall–Kier alpha value is -3.26. The van der Waals surface area contributed by atoms with Crippen LogP contribution < -0.4 is 11.1 Å². The third kappa shape index (κ3) is 4.04. The summed E-state index contributed by atoms with van der Waals surface area (Å²) < 4.78 is 23.1. The van der Waals surface area contributed by atoms with Gasteiger partial charge in [0.25, 0.3) is 0 Å². The summed E-state index contributed by atoms with van der Waals surface area (Å²) in [4.78, 5) is 20.1. The minimum absolute atomic E-state index is 0.247. The van der Waals surface area contributed by atoms with Crippen LogP contribution in [0.15, 0.2) is 65.7 Å². The molecule has 1 aromatic heterocycles. The predicted molar refractivity (Wildman–Crippen MR) is 98.8 cm³/mol. The van der Waals surface area contributed by atoms with Gasteiger partial charge in [-0.3, -0.25) is 4.79 Å². The molecule has 0 aliphatic rings. The zero-order valence-corrected chi connectivity index (χ0v) is 14.7. The van der Waals surface area contributed by atoms with Gasteiger partial charge in [-0.25, -0.2) is 18.4 Å². The Labute approximate surface area is 150 Å². The van der Waals surface area contributed by atoms with E-state index in [1.165, 1.54) is 12.1 Å². The number of amides is 1. The first kappa shape index (κ1) is 17.6. The summed E-state index contributed by atoms with van der Waals surface area (Å²) in [6.45, 7) is 0. The van der Waals surface area contributed by atoms with Gasteiger partial charge in [0.05, 0.1) is 10.6 Å². The van der Waals surface area contributed by atoms with Crippen LogP contribution in [-0.4, -0.2) is 30.5 Å². The number of benzene rings is 2. The molecule has 0 radical (unpaired) electrons. The maximum atomic E-state index is 11.5. The highest BCUT2D eigenvalue weighted by Crippen LogP contribution is 2.21. The van der Waals surface area contributed by atoms with Gasteiger partial charge in [0.1, 0.15) is 0 Å². The van der Waals surface area contributed by atoms with E-state index in [2.05, 4.69) is 15.3 Å². The molecular formula is C18H16N4O3S. The van der Waals surface area contributed by atoms with E-state index in [0.717, 1.165) is 11.8 Å². The molecule has 26 heavy (non-hydrogen) atoms. The van der Waals surface area contributed by atoms with Gasteiger partial charge < -0.3 is 11.1 Å². The van der Waals surface area contributed by atoms with Gasteiger partial charge in [-0.1, -0.05) is 18.2 Å². The van der Waals surface area contributed by atoms with Crippen molar-refractivity contribution in [3.8, 4) is 11.3 Å². The molecule has 3 rings (SSSR count). The highest BCUT2D eigenvalue weighted by molar-refractivity contribution is 7.90. The zero-order valence-electron chi connectivity index (χ0n) is 13.9. The smallest absolute Gasteiger partial charge is 0.248 e. The standard InChI is InChI=1S/C18H16N4O3S/c1-26(24,25)15-7-5-12(6-8-15)16-9-10-20-18(22-16)21-14-4-2-3-13(11-14)17(19)23/h2-11H,1H3,(H2,19,23)(H,20,21,22). The molecule has 132 valence electrons. The Balaban J connectivity index is 1.87. The third-order valence-electron chi connectivity index (χ3n) is 3.64. The maximum absolute atomic E-state index is 11.5. The molecule has 2 aromatic carbocycles. The summed E-state index contributed by atoms with van der Waals surface area (Å²) >= 11 is 0. The van der Waals surface area contributed by atoms with Crippen molar-refractivity contribution in [2.24, 2.45) is 5.73 Å². The van der Waals surface area contributed by atoms with E-state index in [-0.39, 0.29) is 4.90 Å². The molecule has 7 nitrogen and oxygen atoms in total. The number of hydrogen-bond donors (Lipinski definition) is 2. The van der Waals surface area contributed by atoms with Crippen LogP contribution in [0.5, 0.6) is 0 Å². The average molecular weight is 368 g/mol. The van der Waals surface area contributed by atoms with Crippen LogP contribution in [0.3, 0.4) is 0 Å². The second kappa shape index (κ2) is 6.93. The highest BCUT2D eigenvalue weighted by Gasteiger charge is 2.08. The first-order valence-electron chi connectivity index (χ1n) is 7.63. The Morgan fingerprint density at radius 3 is 2.46 bits per heavy atom. The summed E-state index contributed by atoms with van der Waals surface area (Å²) in [5, 5.41) is 3.02. The van der Waals surface area contributed by atoms with E-state index in [0.29, 0.717) is 22.9 Å². The normalized spacial score (nSPS) is 11.1. The van der Waals surface area contributed by atoms with E-state index in [4.69, 9.17) is 5.73 Å². The van der Waals surface area contributed by atoms with Gasteiger partial charge in [-0.05, 0) is 36.4 Å². The number of carbonyl (C=O) groups excluding carboxylic acids is 1. The number of hydrogen-bond acceptors (Lipinski definition) is 6. The number of nitrogens with zero attached hydrogens (tertiary/aromatic N) is 2. The van der Waals surface area contributed by atoms with Crippen molar-refractivity contribution >= 4 is 27.4 Å². The lowest BCUT2D eigenvalue weighted by Crippen LogP contribution is -2.11. The summed E-state index contributed by atoms with van der Waals surface area (Å²) in [5.41, 5.74) is 7.68. The molecule has 1 heterocycles. The van der Waals surface area contributed by atoms with Gasteiger partial charge >= 0.3 is 0 Å². The van der Waals surface area contributed by atoms with Gasteiger partial charge in [0.15, 0.2) is 9.84 Å². The summed E-state index contributed by atoms with van der Waals surface area (Å²) in [6.07, 6.45) is 2.75. The van der Waals surface area contributed by atoms with Gasteiger partial charge in [0, 0.05) is 29.3 Å². The Bertz CT molecular complexity index is 1060. The number of nitrogens with two attached hydrogens (primary N) is 1. The fourth-order valence-corrected chi connectivity index (χ4v) is 2.96. The molecule has 0 unspecified atom stereocenters. The Morgan fingerprint density at radius 2 is 1.81 bits per heavy atom. The van der Waals surface area contributed by atoms with Gasteiger partial charge in [-0.15, -0.1) is 0 Å². The predicted octanol–water partition coefficient (Wildman–Crippen LogP) is 2.39. The molecule has 0 aliphatic carbocycles. The molecule has 0 spiro atoms. The van der Waals surface area contributed by atoms with Crippen molar-refractivity contribution in [2.75, 3.05) is 11.6 Å². The molecular weight excluding hydrogens is 352 g/mol. The van der Waals surface area contributed by atoms with Crippen LogP contribution in [0.4, 0.5) is 11.6 Å². The monoisotopic (exact) mass is 368 g/mol. The van der Waals surface area contributed by atoms with E-state index in [1.807, 2.05) is 0 Å². The number of rotatable bonds is 5. The lowest BCUT2D eigenvalue weighted by molar-refractivity contribution is 0.100. The molecule has 0 aliphatic heterocycles. The molecule has 0 fully saturated rings. The van der Waals surface area contributed by atoms with E-state index < -0.39 is 15.7 Å². The first-order valence-corrected chi connectivity index (χ1v) is 9.52. The van der Waals surface area contributed by atoms with Crippen LogP contribution in [0.2, 0.25) is 0 Å². The Morgan fingerprint density at radius 1 is 1.08 bits per heavy atom. The minimum atomic E-state index is -3.24. The molecule has 1 amide bonds. The van der Waals surface area contributed by atoms with E-state index in [9.17, 15) is 13.2 Å². The third-order valence-corrected chi connectivity index (χ3v) is 4.77. The maximum Gasteiger partial charge on any atom is 0.248 e. The van der Waals surface area contributed by atoms with Gasteiger partial charge in [0.2, 0.25) is 11.9 Å². The highest BCUT2D eigenvalue weighted by atomic mass is 32.2. The lowest BCUT2D eigenvalue weighted by Gasteiger charge is -2.08. The summed E-state index contributed by atoms with van der Waals surface area (Å²) in [6, 6.07) is 14.9. The molecule has 8 heteroatoms. The molecule has 0 saturated carbocycles. The lowest BCUT2D eigenvalue weighted by atomic mass is 10.1. The van der Waals surface area contributed by atoms with Crippen LogP contribution in [-0.2, 0) is 9.84 Å². The molecule has 3 aromatic rings. The first-order chi connectivity index (χ1) is 12.3. The summed E-state index contributed by atoms with van der Waals surface area (Å²) in [7, 11) is -3.24. The van der Waals surface area contributed by atoms with Crippen LogP contribution in [0, 0.1) is 0 Å². The molecule has 0 atom stereocenters. The second-order valence-corrected chi connectivity index (χ2v) is 7.65. The number of anilines is 2. The largest absolute Gasteiger partial charge is 0.366 e. The number of primary amides is 1. The second-order valence-electron chi connectivity index (χ2n) is 5.63. The number of sulfone groups is 1. The number of nitrogens with one attached hydrogen (secondary N) is 1. The fourth-order valence-electron chi connectivity index (χ4n) is 2.33. The summed E-state index contributed by atoms with van der Waals surface area (Å²) in [5.74, 6) is -0.175. The zero-order chi connectivity index (χ0) is 18.7. The number of aromatic nitrogens is 2. The van der Waals surface area contributed by atoms with Gasteiger partial charge in [-0.2, -0.15) is 0 Å². The minimum Gasteiger partial charge on any atom is -0.366 e. The van der Waals surface area contributed by atoms with Crippen molar-refractivity contribution in [1.29, 1.82) is 0 Å². The van der Waals surface area contributed by atoms with Crippen LogP contribution in [0.1, 0.15) is 10.4 Å². The Kier molecular flexibility index (Phi) is 4.68. The molecule has 0 bridgehead atoms. The molecule has 0 saturated heterocycles. The van der Waals surface area contributed by atoms with E-state index in [1.54, 1.807) is 48.7 Å². The topological polar surface area (TPSA) is 115 Å². The average Bonchev–Trinajstić information content (AvgIpc) is 2.61. The van der Waals surface area contributed by atoms with Crippen molar-refractivity contribution in [1.82, 2.24) is 9.97 Å². The quantitative estimate of drug-likeness (QED) is 0.714. The SMILES string of the molecule is CS(=O)(=O)c1ccc(-c2ccnc(Nc3cccc(C(N)=O)c3)n2)cc1. The number of carbonyl (C=O) groups is 1. The van der Waals surface area contributed by atoms with Crippen molar-refractivity contribution in [3.05, 3.63) is 66.4 Å².